The summed E-state index contributed by atoms with van der Waals surface area (Å²) >= 11 is 0. The maximum atomic E-state index is 9.88. The third kappa shape index (κ3) is 3.20. The van der Waals surface area contributed by atoms with Crippen LogP contribution in [0.4, 0.5) is 0 Å². The molecule has 0 aromatic rings. The van der Waals surface area contributed by atoms with Crippen molar-refractivity contribution in [3.63, 3.8) is 0 Å². The first-order valence-corrected chi connectivity index (χ1v) is 6.83. The van der Waals surface area contributed by atoms with E-state index in [-0.39, 0.29) is 5.92 Å². The SMILES string of the molecule is CC(C)(O)C1CC(CN2CCC(C#N)CC2)C1. The van der Waals surface area contributed by atoms with Gasteiger partial charge in [-0.1, -0.05) is 0 Å². The molecule has 0 aromatic heterocycles. The van der Waals surface area contributed by atoms with Crippen LogP contribution in [0, 0.1) is 29.1 Å². The predicted octanol–water partition coefficient (Wildman–Crippen LogP) is 2.02. The standard InChI is InChI=1S/C14H24N2O/c1-14(2,17)13-7-12(8-13)10-16-5-3-11(9-15)4-6-16/h11-13,17H,3-8,10H2,1-2H3. The first kappa shape index (κ1) is 12.9. The highest BCUT2D eigenvalue weighted by atomic mass is 16.3. The fourth-order valence-corrected chi connectivity index (χ4v) is 3.07. The van der Waals surface area contributed by atoms with Crippen LogP contribution in [-0.2, 0) is 0 Å². The number of aliphatic hydroxyl groups is 1. The monoisotopic (exact) mass is 236 g/mol. The highest BCUT2D eigenvalue weighted by molar-refractivity contribution is 4.92. The average molecular weight is 236 g/mol. The summed E-state index contributed by atoms with van der Waals surface area (Å²) in [5.74, 6) is 1.55. The molecule has 0 amide bonds. The van der Waals surface area contributed by atoms with Crippen LogP contribution in [0.25, 0.3) is 0 Å². The van der Waals surface area contributed by atoms with Crippen LogP contribution >= 0.6 is 0 Å². The molecule has 1 saturated carbocycles. The van der Waals surface area contributed by atoms with E-state index in [1.54, 1.807) is 0 Å². The van der Waals surface area contributed by atoms with Crippen LogP contribution in [0.15, 0.2) is 0 Å². The normalized spacial score (nSPS) is 31.9. The van der Waals surface area contributed by atoms with Crippen molar-refractivity contribution in [1.82, 2.24) is 4.90 Å². The maximum absolute atomic E-state index is 9.88. The first-order valence-electron chi connectivity index (χ1n) is 6.83. The molecule has 3 heteroatoms. The van der Waals surface area contributed by atoms with Gasteiger partial charge in [0, 0.05) is 12.5 Å². The highest BCUT2D eigenvalue weighted by Gasteiger charge is 2.39. The van der Waals surface area contributed by atoms with Gasteiger partial charge in [0.15, 0.2) is 0 Å². The molecule has 1 heterocycles. The molecule has 3 nitrogen and oxygen atoms in total. The van der Waals surface area contributed by atoms with Crippen molar-refractivity contribution in [2.45, 2.75) is 45.1 Å². The zero-order valence-electron chi connectivity index (χ0n) is 11.0. The average Bonchev–Trinajstić information content (AvgIpc) is 2.22. The van der Waals surface area contributed by atoms with Crippen molar-refractivity contribution >= 4 is 0 Å². The predicted molar refractivity (Wildman–Crippen MR) is 67.3 cm³/mol. The lowest BCUT2D eigenvalue weighted by Crippen LogP contribution is -2.46. The molecule has 2 fully saturated rings. The number of likely N-dealkylation sites (tertiary alicyclic amines) is 1. The topological polar surface area (TPSA) is 47.3 Å². The van der Waals surface area contributed by atoms with Gasteiger partial charge in [-0.25, -0.2) is 0 Å². The fraction of sp³-hybridized carbons (Fsp3) is 0.929. The summed E-state index contributed by atoms with van der Waals surface area (Å²) in [4.78, 5) is 2.50. The van der Waals surface area contributed by atoms with Gasteiger partial charge >= 0.3 is 0 Å². The van der Waals surface area contributed by atoms with Gasteiger partial charge in [-0.05, 0) is 64.5 Å². The van der Waals surface area contributed by atoms with Gasteiger partial charge in [-0.15, -0.1) is 0 Å². The molecule has 0 unspecified atom stereocenters. The summed E-state index contributed by atoms with van der Waals surface area (Å²) in [6.07, 6.45) is 4.42. The summed E-state index contributed by atoms with van der Waals surface area (Å²) in [5, 5.41) is 18.7. The molecule has 96 valence electrons. The van der Waals surface area contributed by atoms with Gasteiger partial charge in [-0.3, -0.25) is 0 Å². The number of nitrogens with zero attached hydrogens (tertiary/aromatic N) is 2. The number of hydrogen-bond donors (Lipinski definition) is 1. The quantitative estimate of drug-likeness (QED) is 0.815. The van der Waals surface area contributed by atoms with E-state index in [4.69, 9.17) is 5.26 Å². The molecular formula is C14H24N2O. The van der Waals surface area contributed by atoms with E-state index in [2.05, 4.69) is 11.0 Å². The molecule has 0 radical (unpaired) electrons. The second kappa shape index (κ2) is 4.96. The van der Waals surface area contributed by atoms with Crippen LogP contribution in [0.1, 0.15) is 39.5 Å². The van der Waals surface area contributed by atoms with Gasteiger partial charge in [0.25, 0.3) is 0 Å². The molecule has 0 atom stereocenters. The van der Waals surface area contributed by atoms with Gasteiger partial charge in [0.2, 0.25) is 0 Å². The minimum atomic E-state index is -0.496. The Bertz CT molecular complexity index is 288. The number of nitriles is 1. The van der Waals surface area contributed by atoms with E-state index < -0.39 is 5.60 Å². The van der Waals surface area contributed by atoms with Gasteiger partial charge < -0.3 is 10.0 Å². The third-order valence-electron chi connectivity index (χ3n) is 4.52. The van der Waals surface area contributed by atoms with E-state index in [0.29, 0.717) is 5.92 Å². The van der Waals surface area contributed by atoms with Crippen LogP contribution in [-0.4, -0.2) is 35.2 Å². The Morgan fingerprint density at radius 2 is 1.88 bits per heavy atom. The van der Waals surface area contributed by atoms with Crippen LogP contribution in [0.5, 0.6) is 0 Å². The summed E-state index contributed by atoms with van der Waals surface area (Å²) in [6, 6.07) is 2.37. The molecule has 1 aliphatic carbocycles. The van der Waals surface area contributed by atoms with Gasteiger partial charge in [-0.2, -0.15) is 5.26 Å². The molecule has 17 heavy (non-hydrogen) atoms. The molecule has 2 rings (SSSR count). The van der Waals surface area contributed by atoms with Crippen molar-refractivity contribution in [2.24, 2.45) is 17.8 Å². The van der Waals surface area contributed by atoms with E-state index >= 15 is 0 Å². The molecule has 0 aromatic carbocycles. The zero-order valence-corrected chi connectivity index (χ0v) is 11.0. The Hall–Kier alpha value is -0.590. The molecule has 1 saturated heterocycles. The van der Waals surface area contributed by atoms with Crippen molar-refractivity contribution < 1.29 is 5.11 Å². The summed E-state index contributed by atoms with van der Waals surface area (Å²) in [7, 11) is 0. The zero-order chi connectivity index (χ0) is 12.5. The van der Waals surface area contributed by atoms with E-state index in [9.17, 15) is 5.11 Å². The Labute approximate surface area is 104 Å². The Kier molecular flexibility index (Phi) is 3.75. The largest absolute Gasteiger partial charge is 0.390 e. The Morgan fingerprint density at radius 1 is 1.29 bits per heavy atom. The second-order valence-electron chi connectivity index (χ2n) is 6.39. The van der Waals surface area contributed by atoms with Crippen LogP contribution in [0.2, 0.25) is 0 Å². The van der Waals surface area contributed by atoms with Gasteiger partial charge in [0.05, 0.1) is 11.7 Å². The molecule has 0 spiro atoms. The third-order valence-corrected chi connectivity index (χ3v) is 4.52. The number of hydrogen-bond acceptors (Lipinski definition) is 3. The lowest BCUT2D eigenvalue weighted by molar-refractivity contribution is -0.0505. The molecule has 0 bridgehead atoms. The van der Waals surface area contributed by atoms with Crippen molar-refractivity contribution in [3.8, 4) is 6.07 Å². The van der Waals surface area contributed by atoms with Gasteiger partial charge in [0.1, 0.15) is 0 Å². The second-order valence-corrected chi connectivity index (χ2v) is 6.39. The lowest BCUT2D eigenvalue weighted by Gasteiger charge is -2.45. The minimum Gasteiger partial charge on any atom is -0.390 e. The Morgan fingerprint density at radius 3 is 2.35 bits per heavy atom. The van der Waals surface area contributed by atoms with Crippen molar-refractivity contribution in [1.29, 1.82) is 5.26 Å². The first-order chi connectivity index (χ1) is 7.99. The minimum absolute atomic E-state index is 0.289. The highest BCUT2D eigenvalue weighted by Crippen LogP contribution is 2.41. The smallest absolute Gasteiger partial charge is 0.0656 e. The van der Waals surface area contributed by atoms with Crippen LogP contribution in [0.3, 0.4) is 0 Å². The number of rotatable bonds is 3. The molecule has 2 aliphatic rings. The van der Waals surface area contributed by atoms with Crippen molar-refractivity contribution in [2.75, 3.05) is 19.6 Å². The molecule has 1 aliphatic heterocycles. The molecular weight excluding hydrogens is 212 g/mol. The van der Waals surface area contributed by atoms with E-state index in [1.165, 1.54) is 19.4 Å². The van der Waals surface area contributed by atoms with E-state index in [0.717, 1.165) is 31.8 Å². The maximum Gasteiger partial charge on any atom is 0.0656 e. The summed E-state index contributed by atoms with van der Waals surface area (Å²) < 4.78 is 0. The number of piperidine rings is 1. The van der Waals surface area contributed by atoms with Crippen LogP contribution < -0.4 is 0 Å². The lowest BCUT2D eigenvalue weighted by atomic mass is 9.67. The van der Waals surface area contributed by atoms with E-state index in [1.807, 2.05) is 13.8 Å². The Balaban J connectivity index is 1.67. The summed E-state index contributed by atoms with van der Waals surface area (Å²) in [6.45, 7) is 7.19. The molecule has 1 N–H and O–H groups in total. The summed E-state index contributed by atoms with van der Waals surface area (Å²) in [5.41, 5.74) is -0.496. The fourth-order valence-electron chi connectivity index (χ4n) is 3.07. The van der Waals surface area contributed by atoms with Crippen molar-refractivity contribution in [3.05, 3.63) is 0 Å².